The highest BCUT2D eigenvalue weighted by molar-refractivity contribution is 7.99. The van der Waals surface area contributed by atoms with E-state index in [9.17, 15) is 4.79 Å². The molecule has 0 aliphatic carbocycles. The second-order valence-electron chi connectivity index (χ2n) is 4.88. The lowest BCUT2D eigenvalue weighted by Gasteiger charge is -2.01. The Hall–Kier alpha value is -2.47. The number of hydrogen-bond donors (Lipinski definition) is 1. The summed E-state index contributed by atoms with van der Waals surface area (Å²) in [4.78, 5) is 11.7. The Kier molecular flexibility index (Phi) is 5.16. The van der Waals surface area contributed by atoms with E-state index in [1.807, 2.05) is 48.5 Å². The number of nitrogens with one attached hydrogen (secondary N) is 1. The van der Waals surface area contributed by atoms with Gasteiger partial charge in [-0.05, 0) is 29.3 Å². The Balaban J connectivity index is 1.42. The zero-order valence-corrected chi connectivity index (χ0v) is 13.2. The van der Waals surface area contributed by atoms with Crippen LogP contribution >= 0.6 is 11.8 Å². The highest BCUT2D eigenvalue weighted by Gasteiger charge is 2.12. The normalized spacial score (nSPS) is 12.5. The van der Waals surface area contributed by atoms with E-state index < -0.39 is 0 Å². The molecule has 1 N–H and O–H groups in total. The molecule has 0 bridgehead atoms. The summed E-state index contributed by atoms with van der Waals surface area (Å²) in [6, 6.07) is 15.5. The first-order valence-corrected chi connectivity index (χ1v) is 8.30. The van der Waals surface area contributed by atoms with Gasteiger partial charge >= 0.3 is 0 Å². The average Bonchev–Trinajstić information content (AvgIpc) is 3.03. The molecule has 6 heteroatoms. The van der Waals surface area contributed by atoms with Crippen molar-refractivity contribution >= 4 is 23.9 Å². The summed E-state index contributed by atoms with van der Waals surface area (Å²) < 4.78 is 10.5. The van der Waals surface area contributed by atoms with Gasteiger partial charge in [0.1, 0.15) is 0 Å². The number of thioether (sulfide) groups is 1. The van der Waals surface area contributed by atoms with Crippen LogP contribution in [0.25, 0.3) is 0 Å². The Morgan fingerprint density at radius 3 is 2.87 bits per heavy atom. The molecule has 1 amide bonds. The van der Waals surface area contributed by atoms with E-state index in [1.165, 1.54) is 5.56 Å². The van der Waals surface area contributed by atoms with Crippen molar-refractivity contribution in [3.8, 4) is 11.5 Å². The lowest BCUT2D eigenvalue weighted by molar-refractivity contribution is -0.118. The fraction of sp³-hybridized carbons (Fsp3) is 0.176. The molecule has 0 saturated heterocycles. The Morgan fingerprint density at radius 1 is 1.17 bits per heavy atom. The molecule has 2 aromatic carbocycles. The van der Waals surface area contributed by atoms with Crippen molar-refractivity contribution in [2.75, 3.05) is 12.5 Å². The maximum absolute atomic E-state index is 11.7. The number of hydrogen-bond acceptors (Lipinski definition) is 5. The minimum atomic E-state index is -0.122. The highest BCUT2D eigenvalue weighted by atomic mass is 32.2. The molecule has 23 heavy (non-hydrogen) atoms. The zero-order chi connectivity index (χ0) is 15.9. The highest BCUT2D eigenvalue weighted by Crippen LogP contribution is 2.31. The Morgan fingerprint density at radius 2 is 2.00 bits per heavy atom. The topological polar surface area (TPSA) is 59.9 Å². The second kappa shape index (κ2) is 7.69. The predicted molar refractivity (Wildman–Crippen MR) is 90.9 cm³/mol. The zero-order valence-electron chi connectivity index (χ0n) is 12.4. The SMILES string of the molecule is O=C(CSCc1ccccc1)N/N=C\c1ccc2c(c1)OCO2. The lowest BCUT2D eigenvalue weighted by Crippen LogP contribution is -2.19. The fourth-order valence-corrected chi connectivity index (χ4v) is 2.82. The summed E-state index contributed by atoms with van der Waals surface area (Å²) in [7, 11) is 0. The van der Waals surface area contributed by atoms with Gasteiger partial charge < -0.3 is 9.47 Å². The largest absolute Gasteiger partial charge is 0.454 e. The summed E-state index contributed by atoms with van der Waals surface area (Å²) in [5.41, 5.74) is 4.57. The van der Waals surface area contributed by atoms with Crippen LogP contribution in [0.4, 0.5) is 0 Å². The number of hydrazone groups is 1. The van der Waals surface area contributed by atoms with Gasteiger partial charge in [-0.1, -0.05) is 30.3 Å². The third-order valence-corrected chi connectivity index (χ3v) is 4.15. The van der Waals surface area contributed by atoms with Crippen LogP contribution in [0.1, 0.15) is 11.1 Å². The number of nitrogens with zero attached hydrogens (tertiary/aromatic N) is 1. The van der Waals surface area contributed by atoms with Gasteiger partial charge in [0, 0.05) is 5.75 Å². The van der Waals surface area contributed by atoms with E-state index in [2.05, 4.69) is 10.5 Å². The van der Waals surface area contributed by atoms with Crippen molar-refractivity contribution in [3.05, 3.63) is 59.7 Å². The molecule has 0 radical (unpaired) electrons. The summed E-state index contributed by atoms with van der Waals surface area (Å²) in [6.07, 6.45) is 1.59. The molecule has 0 aromatic heterocycles. The number of rotatable bonds is 6. The van der Waals surface area contributed by atoms with Crippen LogP contribution in [-0.4, -0.2) is 24.7 Å². The van der Waals surface area contributed by atoms with Gasteiger partial charge in [-0.2, -0.15) is 5.10 Å². The van der Waals surface area contributed by atoms with Crippen LogP contribution in [0.2, 0.25) is 0 Å². The minimum Gasteiger partial charge on any atom is -0.454 e. The van der Waals surface area contributed by atoms with E-state index in [1.54, 1.807) is 18.0 Å². The van der Waals surface area contributed by atoms with E-state index in [0.29, 0.717) is 11.5 Å². The first kappa shape index (κ1) is 15.4. The second-order valence-corrected chi connectivity index (χ2v) is 5.87. The molecule has 3 rings (SSSR count). The summed E-state index contributed by atoms with van der Waals surface area (Å²) in [6.45, 7) is 0.241. The number of fused-ring (bicyclic) bond motifs is 1. The van der Waals surface area contributed by atoms with Crippen LogP contribution in [0.3, 0.4) is 0 Å². The molecular weight excluding hydrogens is 312 g/mol. The number of benzene rings is 2. The van der Waals surface area contributed by atoms with Crippen LogP contribution < -0.4 is 14.9 Å². The third kappa shape index (κ3) is 4.50. The van der Waals surface area contributed by atoms with Gasteiger partial charge in [0.15, 0.2) is 11.5 Å². The predicted octanol–water partition coefficient (Wildman–Crippen LogP) is 2.80. The maximum Gasteiger partial charge on any atom is 0.250 e. The maximum atomic E-state index is 11.7. The minimum absolute atomic E-state index is 0.122. The van der Waals surface area contributed by atoms with Crippen molar-refractivity contribution in [2.24, 2.45) is 5.10 Å². The quantitative estimate of drug-likeness (QED) is 0.654. The van der Waals surface area contributed by atoms with E-state index in [0.717, 1.165) is 17.1 Å². The molecule has 0 saturated carbocycles. The van der Waals surface area contributed by atoms with Gasteiger partial charge in [0.2, 0.25) is 12.7 Å². The molecule has 5 nitrogen and oxygen atoms in total. The van der Waals surface area contributed by atoms with Crippen molar-refractivity contribution in [1.29, 1.82) is 0 Å². The van der Waals surface area contributed by atoms with Gasteiger partial charge in [-0.25, -0.2) is 5.43 Å². The summed E-state index contributed by atoms with van der Waals surface area (Å²) in [5.74, 6) is 2.47. The first-order valence-electron chi connectivity index (χ1n) is 7.14. The fourth-order valence-electron chi connectivity index (χ4n) is 2.04. The Labute approximate surface area is 138 Å². The molecule has 1 aliphatic heterocycles. The molecule has 1 heterocycles. The Bertz CT molecular complexity index is 704. The molecule has 118 valence electrons. The van der Waals surface area contributed by atoms with E-state index >= 15 is 0 Å². The molecule has 0 atom stereocenters. The molecule has 0 fully saturated rings. The first-order chi connectivity index (χ1) is 11.3. The number of carbonyl (C=O) groups excluding carboxylic acids is 1. The van der Waals surface area contributed by atoms with Crippen molar-refractivity contribution in [2.45, 2.75) is 5.75 Å². The number of carbonyl (C=O) groups is 1. The monoisotopic (exact) mass is 328 g/mol. The van der Waals surface area contributed by atoms with E-state index in [-0.39, 0.29) is 12.7 Å². The molecule has 0 spiro atoms. The number of amides is 1. The van der Waals surface area contributed by atoms with Gasteiger partial charge in [-0.3, -0.25) is 4.79 Å². The van der Waals surface area contributed by atoms with Crippen LogP contribution in [0.15, 0.2) is 53.6 Å². The van der Waals surface area contributed by atoms with Crippen LogP contribution in [0, 0.1) is 0 Å². The van der Waals surface area contributed by atoms with E-state index in [4.69, 9.17) is 9.47 Å². The van der Waals surface area contributed by atoms with Crippen LogP contribution in [0.5, 0.6) is 11.5 Å². The van der Waals surface area contributed by atoms with Crippen molar-refractivity contribution in [3.63, 3.8) is 0 Å². The van der Waals surface area contributed by atoms with Gasteiger partial charge in [0.05, 0.1) is 12.0 Å². The summed E-state index contributed by atoms with van der Waals surface area (Å²) >= 11 is 1.55. The van der Waals surface area contributed by atoms with Gasteiger partial charge in [0.25, 0.3) is 0 Å². The third-order valence-electron chi connectivity index (χ3n) is 3.14. The van der Waals surface area contributed by atoms with Crippen molar-refractivity contribution in [1.82, 2.24) is 5.43 Å². The van der Waals surface area contributed by atoms with Crippen molar-refractivity contribution < 1.29 is 14.3 Å². The molecule has 0 unspecified atom stereocenters. The lowest BCUT2D eigenvalue weighted by atomic mass is 10.2. The summed E-state index contributed by atoms with van der Waals surface area (Å²) in [5, 5.41) is 3.96. The smallest absolute Gasteiger partial charge is 0.250 e. The number of ether oxygens (including phenoxy) is 2. The standard InChI is InChI=1S/C17H16N2O3S/c20-17(11-23-10-13-4-2-1-3-5-13)19-18-9-14-6-7-15-16(8-14)22-12-21-15/h1-9H,10-12H2,(H,19,20)/b18-9-. The average molecular weight is 328 g/mol. The molecule has 2 aromatic rings. The molecular formula is C17H16N2O3S. The van der Waals surface area contributed by atoms with Crippen LogP contribution in [-0.2, 0) is 10.5 Å². The van der Waals surface area contributed by atoms with Gasteiger partial charge in [-0.15, -0.1) is 11.8 Å². The molecule has 1 aliphatic rings.